The van der Waals surface area contributed by atoms with Crippen LogP contribution in [0.2, 0.25) is 5.02 Å². The summed E-state index contributed by atoms with van der Waals surface area (Å²) >= 11 is 6.00. The van der Waals surface area contributed by atoms with Crippen molar-refractivity contribution in [1.29, 1.82) is 0 Å². The fraction of sp³-hybridized carbons (Fsp3) is 0.250. The van der Waals surface area contributed by atoms with Crippen LogP contribution in [0.1, 0.15) is 30.9 Å². The molecule has 130 valence electrons. The van der Waals surface area contributed by atoms with Gasteiger partial charge in [0.1, 0.15) is 23.8 Å². The van der Waals surface area contributed by atoms with E-state index in [-0.39, 0.29) is 12.2 Å². The van der Waals surface area contributed by atoms with Gasteiger partial charge in [0, 0.05) is 23.1 Å². The maximum Gasteiger partial charge on any atom is 0.336 e. The number of ether oxygens (including phenoxy) is 1. The molecule has 0 fully saturated rings. The molecule has 0 amide bonds. The van der Waals surface area contributed by atoms with Crippen LogP contribution in [-0.4, -0.2) is 0 Å². The van der Waals surface area contributed by atoms with Crippen molar-refractivity contribution in [2.24, 2.45) is 0 Å². The first kappa shape index (κ1) is 17.5. The Morgan fingerprint density at radius 2 is 2.04 bits per heavy atom. The van der Waals surface area contributed by atoms with Crippen molar-refractivity contribution in [3.8, 4) is 5.75 Å². The third kappa shape index (κ3) is 4.02. The fourth-order valence-electron chi connectivity index (χ4n) is 2.70. The Morgan fingerprint density at radius 3 is 2.80 bits per heavy atom. The Hall–Kier alpha value is -2.33. The molecular formula is C20H18ClFO3. The molecule has 0 radical (unpaired) electrons. The van der Waals surface area contributed by atoms with Gasteiger partial charge in [0.25, 0.3) is 0 Å². The number of hydrogen-bond donors (Lipinski definition) is 0. The molecule has 0 aliphatic heterocycles. The standard InChI is InChI=1S/C20H18ClFO3/c1-2-3-5-13-10-20(23)25-19-11-14(8-9-15(13)19)24-12-16-17(21)6-4-7-18(16)22/h4,6-11H,2-3,5,12H2,1H3. The van der Waals surface area contributed by atoms with Crippen LogP contribution < -0.4 is 10.4 Å². The van der Waals surface area contributed by atoms with Gasteiger partial charge in [-0.2, -0.15) is 0 Å². The highest BCUT2D eigenvalue weighted by atomic mass is 35.5. The maximum absolute atomic E-state index is 13.8. The Kier molecular flexibility index (Phi) is 5.39. The first-order valence-corrected chi connectivity index (χ1v) is 8.58. The number of aryl methyl sites for hydroxylation is 1. The second-order valence-corrected chi connectivity index (χ2v) is 6.25. The van der Waals surface area contributed by atoms with Crippen LogP contribution in [0.5, 0.6) is 5.75 Å². The summed E-state index contributed by atoms with van der Waals surface area (Å²) in [4.78, 5) is 11.8. The van der Waals surface area contributed by atoms with Crippen LogP contribution >= 0.6 is 11.6 Å². The largest absolute Gasteiger partial charge is 0.489 e. The molecule has 3 rings (SSSR count). The van der Waals surface area contributed by atoms with E-state index < -0.39 is 5.82 Å². The van der Waals surface area contributed by atoms with Crippen molar-refractivity contribution in [1.82, 2.24) is 0 Å². The minimum Gasteiger partial charge on any atom is -0.489 e. The SMILES string of the molecule is CCCCc1cc(=O)oc2cc(OCc3c(F)cccc3Cl)ccc12. The molecule has 0 aliphatic carbocycles. The Morgan fingerprint density at radius 1 is 1.20 bits per heavy atom. The molecule has 0 unspecified atom stereocenters. The highest BCUT2D eigenvalue weighted by Gasteiger charge is 2.10. The lowest BCUT2D eigenvalue weighted by atomic mass is 10.0. The van der Waals surface area contributed by atoms with E-state index in [1.54, 1.807) is 24.3 Å². The van der Waals surface area contributed by atoms with E-state index in [9.17, 15) is 9.18 Å². The zero-order chi connectivity index (χ0) is 17.8. The number of benzene rings is 2. The zero-order valence-corrected chi connectivity index (χ0v) is 14.6. The number of hydrogen-bond acceptors (Lipinski definition) is 3. The first-order chi connectivity index (χ1) is 12.1. The molecule has 5 heteroatoms. The van der Waals surface area contributed by atoms with E-state index in [4.69, 9.17) is 20.8 Å². The number of halogens is 2. The van der Waals surface area contributed by atoms with Crippen molar-refractivity contribution in [2.75, 3.05) is 0 Å². The second-order valence-electron chi connectivity index (χ2n) is 5.84. The van der Waals surface area contributed by atoms with Gasteiger partial charge < -0.3 is 9.15 Å². The molecule has 2 aromatic carbocycles. The van der Waals surface area contributed by atoms with Gasteiger partial charge in [-0.15, -0.1) is 0 Å². The predicted molar refractivity (Wildman–Crippen MR) is 96.8 cm³/mol. The molecule has 0 saturated heterocycles. The molecule has 0 saturated carbocycles. The lowest BCUT2D eigenvalue weighted by molar-refractivity contribution is 0.300. The molecule has 3 aromatic rings. The van der Waals surface area contributed by atoms with Crippen molar-refractivity contribution in [3.05, 3.63) is 74.9 Å². The lowest BCUT2D eigenvalue weighted by Gasteiger charge is -2.10. The average molecular weight is 361 g/mol. The molecule has 25 heavy (non-hydrogen) atoms. The highest BCUT2D eigenvalue weighted by molar-refractivity contribution is 6.31. The normalized spacial score (nSPS) is 11.0. The van der Waals surface area contributed by atoms with Crippen LogP contribution in [0.3, 0.4) is 0 Å². The molecule has 1 heterocycles. The first-order valence-electron chi connectivity index (χ1n) is 8.21. The van der Waals surface area contributed by atoms with Crippen molar-refractivity contribution < 1.29 is 13.5 Å². The summed E-state index contributed by atoms with van der Waals surface area (Å²) in [5.74, 6) is 0.0734. The van der Waals surface area contributed by atoms with E-state index in [0.29, 0.717) is 21.9 Å². The molecule has 3 nitrogen and oxygen atoms in total. The minimum atomic E-state index is -0.415. The smallest absolute Gasteiger partial charge is 0.336 e. The third-order valence-corrected chi connectivity index (χ3v) is 4.40. The van der Waals surface area contributed by atoms with Gasteiger partial charge >= 0.3 is 5.63 Å². The Balaban J connectivity index is 1.87. The lowest BCUT2D eigenvalue weighted by Crippen LogP contribution is -2.02. The average Bonchev–Trinajstić information content (AvgIpc) is 2.58. The van der Waals surface area contributed by atoms with E-state index in [2.05, 4.69) is 6.92 Å². The van der Waals surface area contributed by atoms with Gasteiger partial charge in [-0.1, -0.05) is 31.0 Å². The number of unbranched alkanes of at least 4 members (excludes halogenated alkanes) is 1. The number of fused-ring (bicyclic) bond motifs is 1. The molecule has 0 spiro atoms. The predicted octanol–water partition coefficient (Wildman–Crippen LogP) is 5.51. The summed E-state index contributed by atoms with van der Waals surface area (Å²) in [6.45, 7) is 2.10. The minimum absolute atomic E-state index is 0.00320. The molecule has 0 bridgehead atoms. The fourth-order valence-corrected chi connectivity index (χ4v) is 2.92. The third-order valence-electron chi connectivity index (χ3n) is 4.05. The van der Waals surface area contributed by atoms with E-state index >= 15 is 0 Å². The van der Waals surface area contributed by atoms with Crippen molar-refractivity contribution >= 4 is 22.6 Å². The van der Waals surface area contributed by atoms with Crippen LogP contribution in [0.15, 0.2) is 51.7 Å². The second kappa shape index (κ2) is 7.70. The Bertz CT molecular complexity index is 929. The summed E-state index contributed by atoms with van der Waals surface area (Å²) in [6.07, 6.45) is 2.87. The van der Waals surface area contributed by atoms with Crippen LogP contribution in [0.25, 0.3) is 11.0 Å². The molecule has 0 atom stereocenters. The summed E-state index contributed by atoms with van der Waals surface area (Å²) in [7, 11) is 0. The van der Waals surface area contributed by atoms with Crippen molar-refractivity contribution in [2.45, 2.75) is 32.8 Å². The monoisotopic (exact) mass is 360 g/mol. The van der Waals surface area contributed by atoms with Gasteiger partial charge in [0.05, 0.1) is 5.02 Å². The molecule has 1 aromatic heterocycles. The summed E-state index contributed by atoms with van der Waals surface area (Å²) in [5, 5.41) is 1.21. The quantitative estimate of drug-likeness (QED) is 0.544. The summed E-state index contributed by atoms with van der Waals surface area (Å²) in [6, 6.07) is 11.3. The van der Waals surface area contributed by atoms with Crippen LogP contribution in [-0.2, 0) is 13.0 Å². The molecule has 0 aliphatic rings. The topological polar surface area (TPSA) is 39.4 Å². The van der Waals surface area contributed by atoms with Gasteiger partial charge in [0.15, 0.2) is 0 Å². The van der Waals surface area contributed by atoms with Crippen LogP contribution in [0.4, 0.5) is 4.39 Å². The van der Waals surface area contributed by atoms with Crippen molar-refractivity contribution in [3.63, 3.8) is 0 Å². The van der Waals surface area contributed by atoms with E-state index in [0.717, 1.165) is 30.2 Å². The zero-order valence-electron chi connectivity index (χ0n) is 13.9. The van der Waals surface area contributed by atoms with E-state index in [1.807, 2.05) is 6.07 Å². The van der Waals surface area contributed by atoms with Gasteiger partial charge in [-0.25, -0.2) is 9.18 Å². The molecule has 0 N–H and O–H groups in total. The summed E-state index contributed by atoms with van der Waals surface area (Å²) < 4.78 is 24.7. The highest BCUT2D eigenvalue weighted by Crippen LogP contribution is 2.26. The van der Waals surface area contributed by atoms with E-state index in [1.165, 1.54) is 12.1 Å². The van der Waals surface area contributed by atoms with Gasteiger partial charge in [-0.05, 0) is 42.7 Å². The summed E-state index contributed by atoms with van der Waals surface area (Å²) in [5.41, 5.74) is 1.35. The maximum atomic E-state index is 13.8. The van der Waals surface area contributed by atoms with Gasteiger partial charge in [-0.3, -0.25) is 0 Å². The van der Waals surface area contributed by atoms with Crippen LogP contribution in [0, 0.1) is 5.82 Å². The van der Waals surface area contributed by atoms with Gasteiger partial charge in [0.2, 0.25) is 0 Å². The Labute approximate surface area is 150 Å². The molecular weight excluding hydrogens is 343 g/mol. The number of rotatable bonds is 6.